The summed E-state index contributed by atoms with van der Waals surface area (Å²) >= 11 is 1.66. The normalized spacial score (nSPS) is 34.3. The Morgan fingerprint density at radius 1 is 1.23 bits per heavy atom. The molecule has 4 fully saturated rings. The molecule has 160 valence electrons. The molecule has 0 aliphatic heterocycles. The summed E-state index contributed by atoms with van der Waals surface area (Å²) in [5.41, 5.74) is 1.46. The van der Waals surface area contributed by atoms with Crippen molar-refractivity contribution in [3.05, 3.63) is 27.1 Å². The summed E-state index contributed by atoms with van der Waals surface area (Å²) in [6, 6.07) is 0. The second-order valence-electron chi connectivity index (χ2n) is 10.9. The van der Waals surface area contributed by atoms with Crippen molar-refractivity contribution in [2.24, 2.45) is 29.1 Å². The van der Waals surface area contributed by atoms with Gasteiger partial charge in [0.25, 0.3) is 5.56 Å². The van der Waals surface area contributed by atoms with Crippen molar-refractivity contribution >= 4 is 27.5 Å². The van der Waals surface area contributed by atoms with E-state index in [-0.39, 0.29) is 18.0 Å². The Morgan fingerprint density at radius 3 is 2.63 bits per heavy atom. The quantitative estimate of drug-likeness (QED) is 0.808. The lowest BCUT2D eigenvalue weighted by molar-refractivity contribution is -0.123. The molecule has 0 aromatic carbocycles. The summed E-state index contributed by atoms with van der Waals surface area (Å²) < 4.78 is 1.52. The Labute approximate surface area is 181 Å². The number of hydrogen-bond donors (Lipinski definition) is 1. The molecular formula is C24H31N3O2S. The SMILES string of the molecule is C[C@H]1CCc2c(sc3ncn(CC(=O)NCC45CC6CC(CC(C6)C4)C5)c(=O)c23)C1. The van der Waals surface area contributed by atoms with Crippen LogP contribution in [-0.4, -0.2) is 22.0 Å². The number of carbonyl (C=O) groups is 1. The van der Waals surface area contributed by atoms with Crippen molar-refractivity contribution in [2.45, 2.75) is 71.3 Å². The van der Waals surface area contributed by atoms with Gasteiger partial charge in [-0.15, -0.1) is 11.3 Å². The van der Waals surface area contributed by atoms with E-state index >= 15 is 0 Å². The number of thiophene rings is 1. The average Bonchev–Trinajstić information content (AvgIpc) is 3.06. The maximum Gasteiger partial charge on any atom is 0.262 e. The Balaban J connectivity index is 1.18. The van der Waals surface area contributed by atoms with Crippen LogP contribution in [0.15, 0.2) is 11.1 Å². The molecule has 6 heteroatoms. The molecule has 30 heavy (non-hydrogen) atoms. The third-order valence-corrected chi connectivity index (χ3v) is 9.58. The molecule has 0 radical (unpaired) electrons. The number of amides is 1. The van der Waals surface area contributed by atoms with Crippen LogP contribution in [0.2, 0.25) is 0 Å². The molecular weight excluding hydrogens is 394 g/mol. The topological polar surface area (TPSA) is 64.0 Å². The number of hydrogen-bond acceptors (Lipinski definition) is 4. The van der Waals surface area contributed by atoms with E-state index in [0.29, 0.717) is 11.3 Å². The highest BCUT2D eigenvalue weighted by atomic mass is 32.1. The third kappa shape index (κ3) is 3.14. The summed E-state index contributed by atoms with van der Waals surface area (Å²) in [5, 5.41) is 3.96. The smallest absolute Gasteiger partial charge is 0.262 e. The minimum Gasteiger partial charge on any atom is -0.354 e. The first-order valence-electron chi connectivity index (χ1n) is 11.7. The molecule has 5 nitrogen and oxygen atoms in total. The number of nitrogens with zero attached hydrogens (tertiary/aromatic N) is 2. The van der Waals surface area contributed by atoms with Crippen LogP contribution in [0.5, 0.6) is 0 Å². The van der Waals surface area contributed by atoms with Crippen LogP contribution in [0.25, 0.3) is 10.2 Å². The van der Waals surface area contributed by atoms with Gasteiger partial charge in [0.05, 0.1) is 11.7 Å². The largest absolute Gasteiger partial charge is 0.354 e. The third-order valence-electron chi connectivity index (χ3n) is 8.42. The maximum absolute atomic E-state index is 13.2. The van der Waals surface area contributed by atoms with Crippen LogP contribution in [0.3, 0.4) is 0 Å². The van der Waals surface area contributed by atoms with E-state index in [1.54, 1.807) is 17.7 Å². The van der Waals surface area contributed by atoms with Crippen LogP contribution >= 0.6 is 11.3 Å². The summed E-state index contributed by atoms with van der Waals surface area (Å²) in [6.07, 6.45) is 12.8. The van der Waals surface area contributed by atoms with Crippen LogP contribution in [0, 0.1) is 29.1 Å². The first kappa shape index (κ1) is 19.0. The molecule has 7 rings (SSSR count). The minimum absolute atomic E-state index is 0.0444. The van der Waals surface area contributed by atoms with E-state index in [4.69, 9.17) is 0 Å². The first-order valence-corrected chi connectivity index (χ1v) is 12.6. The fraction of sp³-hybridized carbons (Fsp3) is 0.708. The average molecular weight is 426 g/mol. The molecule has 1 N–H and O–H groups in total. The van der Waals surface area contributed by atoms with E-state index in [2.05, 4.69) is 17.2 Å². The molecule has 4 bridgehead atoms. The molecule has 1 atom stereocenters. The lowest BCUT2D eigenvalue weighted by Gasteiger charge is -2.56. The standard InChI is InChI=1S/C24H31N3O2S/c1-14-2-3-18-19(4-14)30-22-21(18)23(29)27(13-26-22)11-20(28)25-12-24-8-15-5-16(9-24)7-17(6-15)10-24/h13-17H,2-12H2,1H3,(H,25,28)/t14-,15?,16?,17?,24?/m0/s1. The molecule has 4 saturated carbocycles. The number of fused-ring (bicyclic) bond motifs is 3. The minimum atomic E-state index is -0.0493. The van der Waals surface area contributed by atoms with Gasteiger partial charge in [-0.3, -0.25) is 14.2 Å². The van der Waals surface area contributed by atoms with E-state index in [1.165, 1.54) is 53.5 Å². The molecule has 0 saturated heterocycles. The first-order chi connectivity index (χ1) is 14.5. The van der Waals surface area contributed by atoms with Gasteiger partial charge in [0.1, 0.15) is 11.4 Å². The van der Waals surface area contributed by atoms with Gasteiger partial charge in [0.15, 0.2) is 0 Å². The van der Waals surface area contributed by atoms with Crippen LogP contribution < -0.4 is 10.9 Å². The summed E-state index contributed by atoms with van der Waals surface area (Å²) in [5.74, 6) is 3.27. The van der Waals surface area contributed by atoms with E-state index in [0.717, 1.165) is 53.8 Å². The van der Waals surface area contributed by atoms with Crippen molar-refractivity contribution in [3.63, 3.8) is 0 Å². The highest BCUT2D eigenvalue weighted by molar-refractivity contribution is 7.18. The lowest BCUT2D eigenvalue weighted by atomic mass is 9.49. The Bertz CT molecular complexity index is 1030. The van der Waals surface area contributed by atoms with Gasteiger partial charge in [0, 0.05) is 11.4 Å². The molecule has 0 spiro atoms. The van der Waals surface area contributed by atoms with Crippen molar-refractivity contribution in [1.82, 2.24) is 14.9 Å². The van der Waals surface area contributed by atoms with E-state index < -0.39 is 0 Å². The van der Waals surface area contributed by atoms with Crippen molar-refractivity contribution in [2.75, 3.05) is 6.54 Å². The van der Waals surface area contributed by atoms with Gasteiger partial charge >= 0.3 is 0 Å². The molecule has 5 aliphatic rings. The van der Waals surface area contributed by atoms with Crippen molar-refractivity contribution in [3.8, 4) is 0 Å². The van der Waals surface area contributed by atoms with Gasteiger partial charge < -0.3 is 5.32 Å². The van der Waals surface area contributed by atoms with Gasteiger partial charge in [-0.1, -0.05) is 6.92 Å². The number of carbonyl (C=O) groups excluding carboxylic acids is 1. The predicted octanol–water partition coefficient (Wildman–Crippen LogP) is 3.92. The summed E-state index contributed by atoms with van der Waals surface area (Å²) in [4.78, 5) is 32.6. The zero-order valence-electron chi connectivity index (χ0n) is 17.8. The fourth-order valence-electron chi connectivity index (χ4n) is 7.48. The lowest BCUT2D eigenvalue weighted by Crippen LogP contribution is -2.51. The van der Waals surface area contributed by atoms with Gasteiger partial charge in [-0.05, 0) is 92.4 Å². The van der Waals surface area contributed by atoms with Gasteiger partial charge in [0.2, 0.25) is 5.91 Å². The molecule has 2 aromatic heterocycles. The van der Waals surface area contributed by atoms with Crippen LogP contribution in [-0.2, 0) is 24.2 Å². The highest BCUT2D eigenvalue weighted by Gasteiger charge is 2.50. The van der Waals surface area contributed by atoms with Crippen molar-refractivity contribution < 1.29 is 4.79 Å². The molecule has 5 aliphatic carbocycles. The number of aromatic nitrogens is 2. The van der Waals surface area contributed by atoms with Crippen LogP contribution in [0.1, 0.15) is 62.3 Å². The predicted molar refractivity (Wildman–Crippen MR) is 119 cm³/mol. The molecule has 0 unspecified atom stereocenters. The molecule has 2 aromatic rings. The maximum atomic E-state index is 13.2. The number of nitrogens with one attached hydrogen (secondary N) is 1. The van der Waals surface area contributed by atoms with Crippen LogP contribution in [0.4, 0.5) is 0 Å². The monoisotopic (exact) mass is 425 g/mol. The van der Waals surface area contributed by atoms with Gasteiger partial charge in [-0.2, -0.15) is 0 Å². The zero-order chi connectivity index (χ0) is 20.5. The highest BCUT2D eigenvalue weighted by Crippen LogP contribution is 2.59. The zero-order valence-corrected chi connectivity index (χ0v) is 18.6. The number of aryl methyl sites for hydroxylation is 1. The summed E-state index contributed by atoms with van der Waals surface area (Å²) in [6.45, 7) is 3.13. The second kappa shape index (κ2) is 6.91. The fourth-order valence-corrected chi connectivity index (χ4v) is 8.82. The van der Waals surface area contributed by atoms with Gasteiger partial charge in [-0.25, -0.2) is 4.98 Å². The van der Waals surface area contributed by atoms with E-state index in [1.807, 2.05) is 0 Å². The Hall–Kier alpha value is -1.69. The van der Waals surface area contributed by atoms with E-state index in [9.17, 15) is 9.59 Å². The molecule has 1 amide bonds. The summed E-state index contributed by atoms with van der Waals surface area (Å²) in [7, 11) is 0. The van der Waals surface area contributed by atoms with Crippen molar-refractivity contribution in [1.29, 1.82) is 0 Å². The molecule has 2 heterocycles. The Kier molecular flexibility index (Phi) is 4.38. The Morgan fingerprint density at radius 2 is 1.93 bits per heavy atom. The number of rotatable bonds is 4. The second-order valence-corrected chi connectivity index (χ2v) is 12.0.